The highest BCUT2D eigenvalue weighted by Gasteiger charge is 2.23. The van der Waals surface area contributed by atoms with E-state index in [-0.39, 0.29) is 11.8 Å². The number of nitrogens with two attached hydrogens (primary N) is 1. The molecule has 0 aliphatic carbocycles. The third-order valence-corrected chi connectivity index (χ3v) is 4.83. The Morgan fingerprint density at radius 1 is 1.00 bits per heavy atom. The molecule has 3 heterocycles. The number of H-pyrrole nitrogens is 3. The summed E-state index contributed by atoms with van der Waals surface area (Å²) >= 11 is 0. The van der Waals surface area contributed by atoms with Gasteiger partial charge in [-0.25, -0.2) is 15.0 Å². The maximum absolute atomic E-state index is 7.64. The van der Waals surface area contributed by atoms with Gasteiger partial charge in [0.15, 0.2) is 0 Å². The molecule has 0 radical (unpaired) electrons. The van der Waals surface area contributed by atoms with E-state index in [2.05, 4.69) is 19.9 Å². The van der Waals surface area contributed by atoms with Crippen LogP contribution in [0.5, 0.6) is 0 Å². The van der Waals surface area contributed by atoms with Gasteiger partial charge in [0.1, 0.15) is 23.3 Å². The van der Waals surface area contributed by atoms with Gasteiger partial charge in [0.05, 0.1) is 28.0 Å². The molecule has 0 fully saturated rings. The first kappa shape index (κ1) is 16.2. The first-order valence-corrected chi connectivity index (χ1v) is 8.94. The van der Waals surface area contributed by atoms with Crippen LogP contribution in [0.25, 0.3) is 22.1 Å². The number of para-hydroxylation sites is 2. The molecule has 138 valence electrons. The monoisotopic (exact) mass is 370 g/mol. The summed E-state index contributed by atoms with van der Waals surface area (Å²) in [5.74, 6) is 2.35. The number of nitrogen functional groups attached to an aromatic ring is 1. The highest BCUT2D eigenvalue weighted by molar-refractivity contribution is 5.97. The smallest absolute Gasteiger partial charge is 0.122 e. The molecule has 0 aliphatic heterocycles. The molecule has 28 heavy (non-hydrogen) atoms. The summed E-state index contributed by atoms with van der Waals surface area (Å²) in [5, 5.41) is 7.64. The topological polar surface area (TPSA) is 136 Å². The van der Waals surface area contributed by atoms with Crippen LogP contribution < -0.4 is 5.73 Å². The quantitative estimate of drug-likeness (QED) is 0.240. The molecule has 5 aromatic rings. The van der Waals surface area contributed by atoms with Crippen LogP contribution in [0, 0.1) is 5.41 Å². The van der Waals surface area contributed by atoms with Crippen molar-refractivity contribution in [1.29, 1.82) is 5.41 Å². The van der Waals surface area contributed by atoms with Crippen LogP contribution in [0.4, 0.5) is 0 Å². The van der Waals surface area contributed by atoms with Crippen molar-refractivity contribution in [3.05, 3.63) is 77.9 Å². The number of hydrogen-bond acceptors (Lipinski definition) is 4. The minimum Gasteiger partial charge on any atom is -0.384 e. The predicted molar refractivity (Wildman–Crippen MR) is 107 cm³/mol. The van der Waals surface area contributed by atoms with Gasteiger partial charge in [-0.15, -0.1) is 0 Å². The maximum atomic E-state index is 7.64. The minimum absolute atomic E-state index is 0.0240. The molecule has 6 N–H and O–H groups in total. The van der Waals surface area contributed by atoms with Gasteiger partial charge in [0.2, 0.25) is 0 Å². The number of nitrogens with zero attached hydrogens (tertiary/aromatic N) is 3. The second kappa shape index (κ2) is 6.34. The average molecular weight is 370 g/mol. The Morgan fingerprint density at radius 3 is 2.46 bits per heavy atom. The zero-order chi connectivity index (χ0) is 19.1. The normalized spacial score (nSPS) is 12.6. The largest absolute Gasteiger partial charge is 0.384 e. The molecular weight excluding hydrogens is 352 g/mol. The first-order chi connectivity index (χ1) is 13.7. The molecule has 1 unspecified atom stereocenters. The highest BCUT2D eigenvalue weighted by atomic mass is 15.0. The number of imidazole rings is 3. The molecule has 8 heteroatoms. The number of nitrogens with one attached hydrogen (secondary N) is 4. The van der Waals surface area contributed by atoms with Crippen LogP contribution in [0.15, 0.2) is 54.9 Å². The average Bonchev–Trinajstić information content (AvgIpc) is 3.43. The molecule has 1 atom stereocenters. The van der Waals surface area contributed by atoms with Crippen molar-refractivity contribution in [2.24, 2.45) is 5.73 Å². The molecular formula is C20H18N8. The van der Waals surface area contributed by atoms with E-state index >= 15 is 0 Å². The number of hydrogen-bond donors (Lipinski definition) is 5. The van der Waals surface area contributed by atoms with E-state index in [1.54, 1.807) is 6.20 Å². The van der Waals surface area contributed by atoms with E-state index in [1.165, 1.54) is 0 Å². The number of fused-ring (bicyclic) bond motifs is 2. The molecule has 0 bridgehead atoms. The van der Waals surface area contributed by atoms with E-state index in [9.17, 15) is 0 Å². The van der Waals surface area contributed by atoms with E-state index < -0.39 is 0 Å². The van der Waals surface area contributed by atoms with Gasteiger partial charge < -0.3 is 20.7 Å². The fourth-order valence-electron chi connectivity index (χ4n) is 3.42. The van der Waals surface area contributed by atoms with Crippen LogP contribution in [-0.4, -0.2) is 35.7 Å². The van der Waals surface area contributed by atoms with Gasteiger partial charge in [-0.1, -0.05) is 12.1 Å². The Morgan fingerprint density at radius 2 is 1.75 bits per heavy atom. The molecule has 0 amide bonds. The predicted octanol–water partition coefficient (Wildman–Crippen LogP) is 2.82. The molecule has 0 saturated heterocycles. The van der Waals surface area contributed by atoms with Crippen molar-refractivity contribution < 1.29 is 0 Å². The van der Waals surface area contributed by atoms with Gasteiger partial charge >= 0.3 is 0 Å². The van der Waals surface area contributed by atoms with Crippen LogP contribution in [0.3, 0.4) is 0 Å². The standard InChI is InChI=1S/C20H18N8/c21-18(22)11-5-6-15-16(9-11)28-20(27-15)12(10-17-23-7-8-24-17)19-25-13-3-1-2-4-14(13)26-19/h1-9,12H,10H2,(H3,21,22)(H,23,24)(H,25,26)(H,27,28). The summed E-state index contributed by atoms with van der Waals surface area (Å²) in [7, 11) is 0. The van der Waals surface area contributed by atoms with E-state index in [4.69, 9.17) is 21.1 Å². The molecule has 3 aromatic heterocycles. The van der Waals surface area contributed by atoms with Crippen molar-refractivity contribution >= 4 is 27.9 Å². The van der Waals surface area contributed by atoms with Crippen molar-refractivity contribution in [3.63, 3.8) is 0 Å². The van der Waals surface area contributed by atoms with Crippen molar-refractivity contribution in [1.82, 2.24) is 29.9 Å². The molecule has 8 nitrogen and oxygen atoms in total. The van der Waals surface area contributed by atoms with Gasteiger partial charge in [-0.3, -0.25) is 5.41 Å². The molecule has 0 saturated carbocycles. The lowest BCUT2D eigenvalue weighted by molar-refractivity contribution is 0.691. The Labute approximate surface area is 159 Å². The van der Waals surface area contributed by atoms with Gasteiger partial charge in [-0.2, -0.15) is 0 Å². The third-order valence-electron chi connectivity index (χ3n) is 4.83. The third kappa shape index (κ3) is 2.81. The molecule has 0 spiro atoms. The highest BCUT2D eigenvalue weighted by Crippen LogP contribution is 2.27. The zero-order valence-electron chi connectivity index (χ0n) is 14.9. The van der Waals surface area contributed by atoms with E-state index in [0.717, 1.165) is 39.5 Å². The Kier molecular flexibility index (Phi) is 3.68. The Bertz CT molecular complexity index is 1250. The summed E-state index contributed by atoms with van der Waals surface area (Å²) in [5.41, 5.74) is 9.82. The number of aromatic nitrogens is 6. The van der Waals surface area contributed by atoms with Gasteiger partial charge in [-0.05, 0) is 30.3 Å². The zero-order valence-corrected chi connectivity index (χ0v) is 14.9. The van der Waals surface area contributed by atoms with E-state index in [1.807, 2.05) is 48.7 Å². The second-order valence-electron chi connectivity index (χ2n) is 6.70. The summed E-state index contributed by atoms with van der Waals surface area (Å²) in [6.45, 7) is 0. The summed E-state index contributed by atoms with van der Waals surface area (Å²) < 4.78 is 0. The lowest BCUT2D eigenvalue weighted by Crippen LogP contribution is -2.10. The van der Waals surface area contributed by atoms with Crippen LogP contribution in [0.1, 0.15) is 29.0 Å². The second-order valence-corrected chi connectivity index (χ2v) is 6.70. The van der Waals surface area contributed by atoms with Gasteiger partial charge in [0.25, 0.3) is 0 Å². The summed E-state index contributed by atoms with van der Waals surface area (Å²) in [6.07, 6.45) is 4.16. The van der Waals surface area contributed by atoms with Crippen molar-refractivity contribution in [3.8, 4) is 0 Å². The van der Waals surface area contributed by atoms with Crippen LogP contribution in [0.2, 0.25) is 0 Å². The number of benzene rings is 2. The molecule has 5 rings (SSSR count). The fraction of sp³-hybridized carbons (Fsp3) is 0.100. The lowest BCUT2D eigenvalue weighted by Gasteiger charge is -2.10. The lowest BCUT2D eigenvalue weighted by atomic mass is 10.0. The maximum Gasteiger partial charge on any atom is 0.122 e. The fourth-order valence-corrected chi connectivity index (χ4v) is 3.42. The van der Waals surface area contributed by atoms with Crippen LogP contribution >= 0.6 is 0 Å². The van der Waals surface area contributed by atoms with Crippen molar-refractivity contribution in [2.45, 2.75) is 12.3 Å². The van der Waals surface area contributed by atoms with Crippen molar-refractivity contribution in [2.75, 3.05) is 0 Å². The van der Waals surface area contributed by atoms with Crippen LogP contribution in [-0.2, 0) is 6.42 Å². The first-order valence-electron chi connectivity index (χ1n) is 8.94. The minimum atomic E-state index is -0.133. The molecule has 0 aliphatic rings. The van der Waals surface area contributed by atoms with Gasteiger partial charge in [0, 0.05) is 24.4 Å². The summed E-state index contributed by atoms with van der Waals surface area (Å²) in [6, 6.07) is 13.5. The SMILES string of the molecule is N=C(N)c1ccc2[nH]c(C(Cc3ncc[nH]3)c3nc4ccccc4[nH]3)nc2c1. The number of rotatable bonds is 5. The number of aromatic amines is 3. The Balaban J connectivity index is 1.63. The van der Waals surface area contributed by atoms with E-state index in [0.29, 0.717) is 12.0 Å². The Hall–Kier alpha value is -3.94. The summed E-state index contributed by atoms with van der Waals surface area (Å²) in [4.78, 5) is 23.9. The number of amidine groups is 1. The molecule has 2 aromatic carbocycles.